The van der Waals surface area contributed by atoms with E-state index < -0.39 is 0 Å². The Balaban J connectivity index is 2.01. The van der Waals surface area contributed by atoms with E-state index in [4.69, 9.17) is 5.73 Å². The lowest BCUT2D eigenvalue weighted by atomic mass is 10.0. The number of likely N-dealkylation sites (N-methyl/N-ethyl adjacent to an activating group) is 2. The van der Waals surface area contributed by atoms with Gasteiger partial charge in [-0.05, 0) is 32.5 Å². The van der Waals surface area contributed by atoms with Gasteiger partial charge in [-0.3, -0.25) is 0 Å². The number of likely N-dealkylation sites (tertiary alicyclic amines) is 1. The molecular weight excluding hydrogens is 226 g/mol. The van der Waals surface area contributed by atoms with Crippen molar-refractivity contribution < 1.29 is 0 Å². The molecule has 0 bridgehead atoms. The minimum absolute atomic E-state index is 0.127. The Morgan fingerprint density at radius 2 is 2.17 bits per heavy atom. The van der Waals surface area contributed by atoms with Gasteiger partial charge in [0.1, 0.15) is 0 Å². The maximum absolute atomic E-state index is 5.77. The quantitative estimate of drug-likeness (QED) is 0.850. The van der Waals surface area contributed by atoms with Crippen molar-refractivity contribution in [3.8, 4) is 0 Å². The minimum atomic E-state index is 0.127. The molecule has 1 aromatic heterocycles. The van der Waals surface area contributed by atoms with Gasteiger partial charge in [-0.15, -0.1) is 0 Å². The Morgan fingerprint density at radius 3 is 2.67 bits per heavy atom. The summed E-state index contributed by atoms with van der Waals surface area (Å²) in [5, 5.41) is 0. The van der Waals surface area contributed by atoms with E-state index in [0.717, 1.165) is 25.6 Å². The average Bonchev–Trinajstić information content (AvgIpc) is 2.75. The van der Waals surface area contributed by atoms with Crippen LogP contribution in [-0.4, -0.2) is 54.6 Å². The van der Waals surface area contributed by atoms with Crippen LogP contribution in [0.3, 0.4) is 0 Å². The molecule has 1 saturated heterocycles. The average molecular weight is 249 g/mol. The molecule has 0 aliphatic carbocycles. The zero-order valence-electron chi connectivity index (χ0n) is 11.5. The molecule has 2 N–H and O–H groups in total. The van der Waals surface area contributed by atoms with Crippen molar-refractivity contribution in [3.05, 3.63) is 18.0 Å². The molecule has 0 aromatic carbocycles. The predicted molar refractivity (Wildman–Crippen MR) is 73.8 cm³/mol. The van der Waals surface area contributed by atoms with Gasteiger partial charge in [-0.1, -0.05) is 0 Å². The van der Waals surface area contributed by atoms with Crippen LogP contribution in [0.4, 0.5) is 5.95 Å². The first-order valence-electron chi connectivity index (χ1n) is 6.53. The molecule has 2 rings (SSSR count). The van der Waals surface area contributed by atoms with Gasteiger partial charge in [0.15, 0.2) is 0 Å². The minimum Gasteiger partial charge on any atom is -0.342 e. The number of anilines is 1. The Hall–Kier alpha value is -1.20. The van der Waals surface area contributed by atoms with E-state index in [0.29, 0.717) is 5.92 Å². The Morgan fingerprint density at radius 1 is 1.50 bits per heavy atom. The summed E-state index contributed by atoms with van der Waals surface area (Å²) in [4.78, 5) is 13.2. The van der Waals surface area contributed by atoms with Gasteiger partial charge >= 0.3 is 0 Å². The summed E-state index contributed by atoms with van der Waals surface area (Å²) >= 11 is 0. The molecule has 0 saturated carbocycles. The van der Waals surface area contributed by atoms with Gasteiger partial charge < -0.3 is 15.5 Å². The number of hydrogen-bond acceptors (Lipinski definition) is 5. The van der Waals surface area contributed by atoms with Crippen LogP contribution in [-0.2, 0) is 0 Å². The SMILES string of the molecule is CC(N)CN(C)c1ncc(C2CCN(C)C2)cn1. The van der Waals surface area contributed by atoms with Crippen molar-refractivity contribution in [1.29, 1.82) is 0 Å². The van der Waals surface area contributed by atoms with Crippen LogP contribution >= 0.6 is 0 Å². The topological polar surface area (TPSA) is 58.3 Å². The first-order chi connectivity index (χ1) is 8.56. The van der Waals surface area contributed by atoms with Crippen molar-refractivity contribution in [1.82, 2.24) is 14.9 Å². The highest BCUT2D eigenvalue weighted by atomic mass is 15.2. The van der Waals surface area contributed by atoms with E-state index in [1.165, 1.54) is 12.0 Å². The highest BCUT2D eigenvalue weighted by Gasteiger charge is 2.21. The maximum Gasteiger partial charge on any atom is 0.225 e. The smallest absolute Gasteiger partial charge is 0.225 e. The van der Waals surface area contributed by atoms with Gasteiger partial charge in [0.05, 0.1) is 0 Å². The molecule has 1 aromatic rings. The molecule has 5 nitrogen and oxygen atoms in total. The van der Waals surface area contributed by atoms with Crippen LogP contribution in [0.1, 0.15) is 24.8 Å². The standard InChI is InChI=1S/C13H23N5/c1-10(14)8-18(3)13-15-6-12(7-16-13)11-4-5-17(2)9-11/h6-7,10-11H,4-5,8-9,14H2,1-3H3. The third-order valence-electron chi connectivity index (χ3n) is 3.42. The molecule has 5 heteroatoms. The summed E-state index contributed by atoms with van der Waals surface area (Å²) < 4.78 is 0. The molecule has 1 fully saturated rings. The van der Waals surface area contributed by atoms with Crippen LogP contribution in [0.5, 0.6) is 0 Å². The van der Waals surface area contributed by atoms with E-state index in [-0.39, 0.29) is 6.04 Å². The second-order valence-corrected chi connectivity index (χ2v) is 5.42. The van der Waals surface area contributed by atoms with Crippen molar-refractivity contribution in [3.63, 3.8) is 0 Å². The Bertz CT molecular complexity index is 375. The van der Waals surface area contributed by atoms with Crippen LogP contribution in [0.25, 0.3) is 0 Å². The zero-order chi connectivity index (χ0) is 13.1. The molecule has 0 radical (unpaired) electrons. The van der Waals surface area contributed by atoms with Gasteiger partial charge in [0, 0.05) is 44.5 Å². The monoisotopic (exact) mass is 249 g/mol. The molecule has 1 aliphatic heterocycles. The van der Waals surface area contributed by atoms with E-state index in [2.05, 4.69) is 21.9 Å². The van der Waals surface area contributed by atoms with Crippen molar-refractivity contribution >= 4 is 5.95 Å². The third kappa shape index (κ3) is 3.17. The van der Waals surface area contributed by atoms with Gasteiger partial charge in [0.25, 0.3) is 0 Å². The number of nitrogens with zero attached hydrogens (tertiary/aromatic N) is 4. The second-order valence-electron chi connectivity index (χ2n) is 5.42. The summed E-state index contributed by atoms with van der Waals surface area (Å²) in [5.41, 5.74) is 7.02. The maximum atomic E-state index is 5.77. The highest BCUT2D eigenvalue weighted by molar-refractivity contribution is 5.29. The molecule has 100 valence electrons. The van der Waals surface area contributed by atoms with E-state index in [9.17, 15) is 0 Å². The van der Waals surface area contributed by atoms with E-state index >= 15 is 0 Å². The first kappa shape index (κ1) is 13.2. The number of hydrogen-bond donors (Lipinski definition) is 1. The van der Waals surface area contributed by atoms with Crippen molar-refractivity contribution in [2.75, 3.05) is 38.6 Å². The fourth-order valence-corrected chi connectivity index (χ4v) is 2.46. The second kappa shape index (κ2) is 5.63. The summed E-state index contributed by atoms with van der Waals surface area (Å²) in [6, 6.07) is 0.127. The molecule has 2 unspecified atom stereocenters. The molecule has 2 atom stereocenters. The lowest BCUT2D eigenvalue weighted by molar-refractivity contribution is 0.411. The Labute approximate surface area is 109 Å². The van der Waals surface area contributed by atoms with Crippen LogP contribution < -0.4 is 10.6 Å². The fourth-order valence-electron chi connectivity index (χ4n) is 2.46. The summed E-state index contributed by atoms with van der Waals surface area (Å²) in [7, 11) is 4.13. The largest absolute Gasteiger partial charge is 0.342 e. The lowest BCUT2D eigenvalue weighted by Gasteiger charge is -2.19. The van der Waals surface area contributed by atoms with Gasteiger partial charge in [-0.2, -0.15) is 0 Å². The van der Waals surface area contributed by atoms with Crippen LogP contribution in [0.15, 0.2) is 12.4 Å². The lowest BCUT2D eigenvalue weighted by Crippen LogP contribution is -2.33. The zero-order valence-corrected chi connectivity index (χ0v) is 11.5. The summed E-state index contributed by atoms with van der Waals surface area (Å²) in [6.07, 6.45) is 5.13. The third-order valence-corrected chi connectivity index (χ3v) is 3.42. The summed E-state index contributed by atoms with van der Waals surface area (Å²) in [6.45, 7) is 5.03. The molecule has 0 spiro atoms. The van der Waals surface area contributed by atoms with Crippen molar-refractivity contribution in [2.45, 2.75) is 25.3 Å². The van der Waals surface area contributed by atoms with E-state index in [1.807, 2.05) is 31.3 Å². The normalized spacial score (nSPS) is 22.1. The number of aromatic nitrogens is 2. The van der Waals surface area contributed by atoms with Gasteiger partial charge in [-0.25, -0.2) is 9.97 Å². The highest BCUT2D eigenvalue weighted by Crippen LogP contribution is 2.25. The number of rotatable bonds is 4. The predicted octanol–water partition coefficient (Wildman–Crippen LogP) is 0.679. The molecule has 18 heavy (non-hydrogen) atoms. The Kier molecular flexibility index (Phi) is 4.14. The fraction of sp³-hybridized carbons (Fsp3) is 0.692. The van der Waals surface area contributed by atoms with E-state index in [1.54, 1.807) is 0 Å². The van der Waals surface area contributed by atoms with Gasteiger partial charge in [0.2, 0.25) is 5.95 Å². The molecule has 2 heterocycles. The van der Waals surface area contributed by atoms with Crippen LogP contribution in [0, 0.1) is 0 Å². The molecule has 1 aliphatic rings. The first-order valence-corrected chi connectivity index (χ1v) is 6.53. The summed E-state index contributed by atoms with van der Waals surface area (Å²) in [5.74, 6) is 1.34. The van der Waals surface area contributed by atoms with Crippen molar-refractivity contribution in [2.24, 2.45) is 5.73 Å². The molecular formula is C13H23N5. The number of nitrogens with two attached hydrogens (primary N) is 1. The van der Waals surface area contributed by atoms with Crippen LogP contribution in [0.2, 0.25) is 0 Å². The molecule has 0 amide bonds.